The number of carbonyl (C=O) groups excluding carboxylic acids is 2. The molecule has 3 aromatic rings. The summed E-state index contributed by atoms with van der Waals surface area (Å²) in [6.07, 6.45) is 2.35. The average molecular weight is 544 g/mol. The lowest BCUT2D eigenvalue weighted by atomic mass is 10.0. The largest absolute Gasteiger partial charge is 0.354 e. The van der Waals surface area contributed by atoms with E-state index in [9.17, 15) is 9.59 Å². The highest BCUT2D eigenvalue weighted by molar-refractivity contribution is 7.99. The quantitative estimate of drug-likeness (QED) is 0.186. The van der Waals surface area contributed by atoms with Crippen molar-refractivity contribution < 1.29 is 9.59 Å². The predicted molar refractivity (Wildman–Crippen MR) is 151 cm³/mol. The third kappa shape index (κ3) is 9.20. The van der Waals surface area contributed by atoms with Crippen molar-refractivity contribution in [2.45, 2.75) is 50.1 Å². The summed E-state index contributed by atoms with van der Waals surface area (Å²) in [6.45, 7) is 2.93. The first-order chi connectivity index (χ1) is 17.5. The molecule has 0 aliphatic carbocycles. The van der Waals surface area contributed by atoms with Crippen LogP contribution in [0.1, 0.15) is 37.3 Å². The lowest BCUT2D eigenvalue weighted by molar-refractivity contribution is -0.141. The first kappa shape index (κ1) is 28.1. The number of thioether (sulfide) groups is 1. The van der Waals surface area contributed by atoms with Gasteiger partial charge in [0, 0.05) is 40.9 Å². The van der Waals surface area contributed by atoms with E-state index >= 15 is 0 Å². The van der Waals surface area contributed by atoms with E-state index in [1.807, 2.05) is 85.8 Å². The summed E-state index contributed by atoms with van der Waals surface area (Å²) < 4.78 is 0. The number of nitrogens with one attached hydrogen (secondary N) is 1. The van der Waals surface area contributed by atoms with Crippen LogP contribution in [0.4, 0.5) is 0 Å². The molecule has 0 saturated heterocycles. The molecule has 0 radical (unpaired) electrons. The fourth-order valence-electron chi connectivity index (χ4n) is 3.79. The molecule has 0 aliphatic rings. The molecule has 0 fully saturated rings. The molecule has 0 bridgehead atoms. The summed E-state index contributed by atoms with van der Waals surface area (Å²) in [5, 5.41) is 4.35. The molecule has 0 heterocycles. The third-order valence-electron chi connectivity index (χ3n) is 5.70. The number of nitrogens with zero attached hydrogens (tertiary/aromatic N) is 1. The van der Waals surface area contributed by atoms with E-state index in [-0.39, 0.29) is 11.8 Å². The van der Waals surface area contributed by atoms with Gasteiger partial charge in [-0.2, -0.15) is 0 Å². The Morgan fingerprint density at radius 2 is 1.53 bits per heavy atom. The number of amides is 2. The van der Waals surface area contributed by atoms with E-state index in [0.717, 1.165) is 28.2 Å². The second-order valence-corrected chi connectivity index (χ2v) is 10.6. The summed E-state index contributed by atoms with van der Waals surface area (Å²) >= 11 is 13.7. The monoisotopic (exact) mass is 542 g/mol. The molecule has 0 aromatic heterocycles. The van der Waals surface area contributed by atoms with Crippen LogP contribution < -0.4 is 5.32 Å². The maximum Gasteiger partial charge on any atom is 0.243 e. The zero-order valence-corrected chi connectivity index (χ0v) is 22.8. The molecule has 4 nitrogen and oxygen atoms in total. The van der Waals surface area contributed by atoms with Gasteiger partial charge in [-0.05, 0) is 66.1 Å². The van der Waals surface area contributed by atoms with Gasteiger partial charge >= 0.3 is 0 Å². The standard InChI is InChI=1S/C29H32Cl2N2O2S/c1-2-18-32-29(35)27(20-22-7-4-3-5-8-22)33(21-23-10-12-24(30)13-11-23)28(34)9-6-19-36-26-16-14-25(31)15-17-26/h3-5,7-8,10-17,27H,2,6,9,18-21H2,1H3,(H,32,35)/t27-/m0/s1. The molecule has 1 N–H and O–H groups in total. The van der Waals surface area contributed by atoms with Crippen LogP contribution in [-0.2, 0) is 22.6 Å². The van der Waals surface area contributed by atoms with E-state index < -0.39 is 6.04 Å². The number of hydrogen-bond donors (Lipinski definition) is 1. The highest BCUT2D eigenvalue weighted by Gasteiger charge is 2.29. The predicted octanol–water partition coefficient (Wildman–Crippen LogP) is 7.03. The van der Waals surface area contributed by atoms with Crippen molar-refractivity contribution in [3.05, 3.63) is 100 Å². The van der Waals surface area contributed by atoms with Gasteiger partial charge in [-0.25, -0.2) is 0 Å². The molecule has 0 aliphatic heterocycles. The molecule has 2 amide bonds. The highest BCUT2D eigenvalue weighted by atomic mass is 35.5. The summed E-state index contributed by atoms with van der Waals surface area (Å²) in [5.74, 6) is 0.640. The van der Waals surface area contributed by atoms with Gasteiger partial charge < -0.3 is 10.2 Å². The van der Waals surface area contributed by atoms with Crippen molar-refractivity contribution in [2.24, 2.45) is 0 Å². The van der Waals surface area contributed by atoms with Crippen molar-refractivity contribution in [1.82, 2.24) is 10.2 Å². The Balaban J connectivity index is 1.76. The van der Waals surface area contributed by atoms with Crippen LogP contribution in [-0.4, -0.2) is 35.1 Å². The summed E-state index contributed by atoms with van der Waals surface area (Å²) in [4.78, 5) is 29.7. The number of carbonyl (C=O) groups is 2. The van der Waals surface area contributed by atoms with E-state index in [1.54, 1.807) is 16.7 Å². The van der Waals surface area contributed by atoms with Gasteiger partial charge in [0.15, 0.2) is 0 Å². The SMILES string of the molecule is CCCNC(=O)[C@H](Cc1ccccc1)N(Cc1ccc(Cl)cc1)C(=O)CCCSc1ccc(Cl)cc1. The first-order valence-corrected chi connectivity index (χ1v) is 13.9. The van der Waals surface area contributed by atoms with Crippen molar-refractivity contribution in [3.8, 4) is 0 Å². The molecule has 7 heteroatoms. The van der Waals surface area contributed by atoms with Gasteiger partial charge in [0.1, 0.15) is 6.04 Å². The Morgan fingerprint density at radius 3 is 2.17 bits per heavy atom. The first-order valence-electron chi connectivity index (χ1n) is 12.2. The molecule has 1 atom stereocenters. The van der Waals surface area contributed by atoms with Crippen molar-refractivity contribution in [2.75, 3.05) is 12.3 Å². The van der Waals surface area contributed by atoms with Gasteiger partial charge in [0.25, 0.3) is 0 Å². The van der Waals surface area contributed by atoms with Crippen molar-refractivity contribution in [3.63, 3.8) is 0 Å². The second-order valence-electron chi connectivity index (χ2n) is 8.55. The Hall–Kier alpha value is -2.47. The summed E-state index contributed by atoms with van der Waals surface area (Å²) in [7, 11) is 0. The van der Waals surface area contributed by atoms with Gasteiger partial charge in [0.05, 0.1) is 0 Å². The zero-order chi connectivity index (χ0) is 25.8. The molecular formula is C29H32Cl2N2O2S. The summed E-state index contributed by atoms with van der Waals surface area (Å²) in [5.41, 5.74) is 1.95. The molecule has 36 heavy (non-hydrogen) atoms. The Morgan fingerprint density at radius 1 is 0.889 bits per heavy atom. The van der Waals surface area contributed by atoms with Gasteiger partial charge in [-0.15, -0.1) is 11.8 Å². The number of benzene rings is 3. The average Bonchev–Trinajstić information content (AvgIpc) is 2.89. The molecule has 0 unspecified atom stereocenters. The maximum atomic E-state index is 13.6. The minimum Gasteiger partial charge on any atom is -0.354 e. The lowest BCUT2D eigenvalue weighted by Gasteiger charge is -2.31. The van der Waals surface area contributed by atoms with E-state index in [4.69, 9.17) is 23.2 Å². The van der Waals surface area contributed by atoms with E-state index in [0.29, 0.717) is 42.4 Å². The van der Waals surface area contributed by atoms with Crippen LogP contribution in [0, 0.1) is 0 Å². The highest BCUT2D eigenvalue weighted by Crippen LogP contribution is 2.23. The molecule has 3 aromatic carbocycles. The number of rotatable bonds is 13. The fraction of sp³-hybridized carbons (Fsp3) is 0.310. The van der Waals surface area contributed by atoms with Crippen LogP contribution >= 0.6 is 35.0 Å². The van der Waals surface area contributed by atoms with Crippen LogP contribution in [0.5, 0.6) is 0 Å². The fourth-order valence-corrected chi connectivity index (χ4v) is 4.90. The normalized spacial score (nSPS) is 11.6. The van der Waals surface area contributed by atoms with Crippen LogP contribution in [0.25, 0.3) is 0 Å². The molecule has 0 spiro atoms. The second kappa shape index (κ2) is 14.9. The van der Waals surface area contributed by atoms with Gasteiger partial charge in [-0.3, -0.25) is 9.59 Å². The number of halogens is 2. The van der Waals surface area contributed by atoms with Crippen LogP contribution in [0.2, 0.25) is 10.0 Å². The third-order valence-corrected chi connectivity index (χ3v) is 7.31. The lowest BCUT2D eigenvalue weighted by Crippen LogP contribution is -2.50. The number of hydrogen-bond acceptors (Lipinski definition) is 3. The molecular weight excluding hydrogens is 511 g/mol. The molecule has 0 saturated carbocycles. The Labute approximate surface area is 228 Å². The van der Waals surface area contributed by atoms with Gasteiger partial charge in [-0.1, -0.05) is 72.6 Å². The van der Waals surface area contributed by atoms with Crippen LogP contribution in [0.3, 0.4) is 0 Å². The van der Waals surface area contributed by atoms with E-state index in [1.165, 1.54) is 0 Å². The topological polar surface area (TPSA) is 49.4 Å². The van der Waals surface area contributed by atoms with Crippen LogP contribution in [0.15, 0.2) is 83.8 Å². The van der Waals surface area contributed by atoms with Gasteiger partial charge in [0.2, 0.25) is 11.8 Å². The molecule has 3 rings (SSSR count). The summed E-state index contributed by atoms with van der Waals surface area (Å²) in [6, 6.07) is 24.4. The maximum absolute atomic E-state index is 13.6. The molecule has 190 valence electrons. The zero-order valence-electron chi connectivity index (χ0n) is 20.5. The Kier molecular flexibility index (Phi) is 11.7. The Bertz CT molecular complexity index is 1090. The van der Waals surface area contributed by atoms with E-state index in [2.05, 4.69) is 5.32 Å². The minimum atomic E-state index is -0.606. The van der Waals surface area contributed by atoms with Crippen molar-refractivity contribution >= 4 is 46.8 Å². The van der Waals surface area contributed by atoms with Crippen molar-refractivity contribution in [1.29, 1.82) is 0 Å². The minimum absolute atomic E-state index is 0.0331. The smallest absolute Gasteiger partial charge is 0.243 e.